The number of hydrogen-bond acceptors (Lipinski definition) is 1. The maximum absolute atomic E-state index is 3.93. The molecule has 326 valence electrons. The fraction of sp³-hybridized carbons (Fsp3) is 0.0606. The van der Waals surface area contributed by atoms with E-state index < -0.39 is 0 Å². The second kappa shape index (κ2) is 18.4. The van der Waals surface area contributed by atoms with Gasteiger partial charge in [-0.25, -0.2) is 0 Å². The van der Waals surface area contributed by atoms with Crippen molar-refractivity contribution in [2.24, 2.45) is 0 Å². The van der Waals surface area contributed by atoms with Crippen LogP contribution in [0.5, 0.6) is 0 Å². The summed E-state index contributed by atoms with van der Waals surface area (Å²) >= 11 is 0. The lowest BCUT2D eigenvalue weighted by Gasteiger charge is -2.35. The van der Waals surface area contributed by atoms with Gasteiger partial charge in [0.15, 0.2) is 0 Å². The average molecular weight is 873 g/mol. The Kier molecular flexibility index (Phi) is 11.4. The van der Waals surface area contributed by atoms with Crippen molar-refractivity contribution in [3.05, 3.63) is 283 Å². The predicted octanol–water partition coefficient (Wildman–Crippen LogP) is 17.9. The van der Waals surface area contributed by atoms with Gasteiger partial charge >= 0.3 is 0 Å². The van der Waals surface area contributed by atoms with E-state index in [0.717, 1.165) is 35.3 Å². The number of rotatable bonds is 9. The van der Waals surface area contributed by atoms with Crippen LogP contribution in [0, 0.1) is 0 Å². The van der Waals surface area contributed by atoms with Gasteiger partial charge in [-0.3, -0.25) is 0 Å². The summed E-state index contributed by atoms with van der Waals surface area (Å²) in [7, 11) is 0. The molecule has 0 aliphatic heterocycles. The van der Waals surface area contributed by atoms with Gasteiger partial charge in [-0.15, -0.1) is 0 Å². The highest BCUT2D eigenvalue weighted by Crippen LogP contribution is 2.57. The van der Waals surface area contributed by atoms with Gasteiger partial charge in [-0.2, -0.15) is 0 Å². The number of nitrogens with one attached hydrogen (secondary N) is 2. The number of H-pyrrole nitrogens is 1. The van der Waals surface area contributed by atoms with E-state index in [9.17, 15) is 0 Å². The molecule has 0 radical (unpaired) electrons. The van der Waals surface area contributed by atoms with E-state index in [4.69, 9.17) is 0 Å². The minimum Gasteiger partial charge on any atom is -0.356 e. The molecule has 2 aliphatic rings. The van der Waals surface area contributed by atoms with Gasteiger partial charge < -0.3 is 10.3 Å². The summed E-state index contributed by atoms with van der Waals surface area (Å²) in [5.41, 5.74) is 21.9. The number of benzene rings is 9. The Morgan fingerprint density at radius 3 is 1.81 bits per heavy atom. The molecule has 68 heavy (non-hydrogen) atoms. The molecule has 0 fully saturated rings. The van der Waals surface area contributed by atoms with E-state index in [1.54, 1.807) is 0 Å². The van der Waals surface area contributed by atoms with Crippen LogP contribution >= 0.6 is 0 Å². The Morgan fingerprint density at radius 1 is 0.515 bits per heavy atom. The van der Waals surface area contributed by atoms with Crippen LogP contribution in [0.15, 0.2) is 261 Å². The van der Waals surface area contributed by atoms with Crippen LogP contribution in [0.4, 0.5) is 11.4 Å². The molecular weight excluding hydrogens is 821 g/mol. The number of hydrogen-bond donors (Lipinski definition) is 2. The lowest BCUT2D eigenvalue weighted by molar-refractivity contribution is 0.752. The van der Waals surface area contributed by atoms with Crippen LogP contribution in [0.3, 0.4) is 0 Å². The third-order valence-electron chi connectivity index (χ3n) is 13.7. The normalized spacial score (nSPS) is 15.0. The van der Waals surface area contributed by atoms with E-state index in [1.165, 1.54) is 88.6 Å². The van der Waals surface area contributed by atoms with Gasteiger partial charge in [0.05, 0.1) is 10.9 Å². The Bertz CT molecular complexity index is 3520. The fourth-order valence-electron chi connectivity index (χ4n) is 10.5. The lowest BCUT2D eigenvalue weighted by atomic mass is 9.66. The summed E-state index contributed by atoms with van der Waals surface area (Å²) in [5.74, 6) is 0. The summed E-state index contributed by atoms with van der Waals surface area (Å²) in [5, 5.41) is 6.19. The van der Waals surface area contributed by atoms with Crippen molar-refractivity contribution in [2.75, 3.05) is 5.32 Å². The Balaban J connectivity index is 0.000000151. The molecule has 9 aromatic carbocycles. The van der Waals surface area contributed by atoms with Crippen molar-refractivity contribution in [2.45, 2.75) is 25.2 Å². The van der Waals surface area contributed by atoms with Crippen molar-refractivity contribution >= 4 is 38.8 Å². The zero-order chi connectivity index (χ0) is 45.9. The first kappa shape index (κ1) is 42.2. The summed E-state index contributed by atoms with van der Waals surface area (Å²) in [6.07, 6.45) is 13.3. The molecule has 0 spiro atoms. The molecule has 0 saturated heterocycles. The van der Waals surface area contributed by atoms with Gasteiger partial charge in [0, 0.05) is 33.2 Å². The Morgan fingerprint density at radius 2 is 1.13 bits per heavy atom. The van der Waals surface area contributed by atoms with Gasteiger partial charge in [-0.05, 0) is 141 Å². The van der Waals surface area contributed by atoms with Crippen LogP contribution in [0.2, 0.25) is 0 Å². The quantitative estimate of drug-likeness (QED) is 0.139. The molecule has 1 atom stereocenters. The molecule has 0 amide bonds. The van der Waals surface area contributed by atoms with Crippen molar-refractivity contribution in [3.63, 3.8) is 0 Å². The zero-order valence-electron chi connectivity index (χ0n) is 38.3. The van der Waals surface area contributed by atoms with Crippen molar-refractivity contribution in [3.8, 4) is 44.5 Å². The summed E-state index contributed by atoms with van der Waals surface area (Å²) in [6.45, 7) is 5.98. The minimum atomic E-state index is -0.337. The number of fused-ring (bicyclic) bond motifs is 6. The van der Waals surface area contributed by atoms with Crippen molar-refractivity contribution in [1.82, 2.24) is 4.98 Å². The molecule has 12 rings (SSSR count). The first-order valence-electron chi connectivity index (χ1n) is 23.7. The molecule has 2 N–H and O–H groups in total. The molecular formula is C66H52N2. The van der Waals surface area contributed by atoms with E-state index >= 15 is 0 Å². The maximum atomic E-state index is 3.93. The zero-order valence-corrected chi connectivity index (χ0v) is 38.3. The minimum absolute atomic E-state index is 0.337. The van der Waals surface area contributed by atoms with Gasteiger partial charge in [0.2, 0.25) is 0 Å². The first-order valence-corrected chi connectivity index (χ1v) is 23.7. The second-order valence-corrected chi connectivity index (χ2v) is 17.6. The average Bonchev–Trinajstić information content (AvgIpc) is 3.94. The van der Waals surface area contributed by atoms with E-state index in [1.807, 2.05) is 13.0 Å². The molecule has 2 heteroatoms. The van der Waals surface area contributed by atoms with Crippen LogP contribution in [0.25, 0.3) is 71.9 Å². The monoisotopic (exact) mass is 872 g/mol. The highest BCUT2D eigenvalue weighted by Gasteiger charge is 2.46. The van der Waals surface area contributed by atoms with Crippen molar-refractivity contribution < 1.29 is 0 Å². The van der Waals surface area contributed by atoms with Gasteiger partial charge in [0.25, 0.3) is 0 Å². The third kappa shape index (κ3) is 7.70. The van der Waals surface area contributed by atoms with Crippen LogP contribution < -0.4 is 5.32 Å². The topological polar surface area (TPSA) is 27.8 Å². The molecule has 1 aromatic heterocycles. The van der Waals surface area contributed by atoms with Crippen LogP contribution in [-0.4, -0.2) is 4.98 Å². The van der Waals surface area contributed by atoms with Gasteiger partial charge in [0.1, 0.15) is 0 Å². The Labute approximate surface area is 400 Å². The largest absolute Gasteiger partial charge is 0.356 e. The van der Waals surface area contributed by atoms with Crippen molar-refractivity contribution in [1.29, 1.82) is 0 Å². The standard InChI is InChI=1S/C36H31N.C30H21N/c1-3-26(4-2)27-19-21-30(22-20-27)37-31-23-24-33-32-17-11-12-18-34(32)36(35(33)25-31,28-13-7-5-8-14-28)29-15-9-6-10-16-29;1-4-10-21(11-5-1)24-16-17-29-27(18-24)28-20-25(22-12-6-2-7-13-22)19-26(30(28)31-29)23-14-8-3-9-15-23/h3-5,7-9,11-25,37H,1,6,10H2,2H3;1-20,31H/b26-4+;. The van der Waals surface area contributed by atoms with E-state index in [-0.39, 0.29) is 5.41 Å². The van der Waals surface area contributed by atoms with Gasteiger partial charge in [-0.1, -0.05) is 207 Å². The third-order valence-corrected chi connectivity index (χ3v) is 13.7. The molecule has 10 aromatic rings. The summed E-state index contributed by atoms with van der Waals surface area (Å²) < 4.78 is 0. The number of allylic oxidation sites excluding steroid dienone is 7. The van der Waals surface area contributed by atoms with E-state index in [0.29, 0.717) is 0 Å². The highest BCUT2D eigenvalue weighted by atomic mass is 14.9. The molecule has 2 nitrogen and oxygen atoms in total. The van der Waals surface area contributed by atoms with Crippen LogP contribution in [-0.2, 0) is 5.41 Å². The summed E-state index contributed by atoms with van der Waals surface area (Å²) in [4.78, 5) is 3.70. The smallest absolute Gasteiger partial charge is 0.0711 e. The molecule has 1 unspecified atom stereocenters. The fourth-order valence-corrected chi connectivity index (χ4v) is 10.5. The number of anilines is 2. The first-order chi connectivity index (χ1) is 33.6. The predicted molar refractivity (Wildman–Crippen MR) is 290 cm³/mol. The Hall–Kier alpha value is -8.46. The second-order valence-electron chi connectivity index (χ2n) is 17.6. The SMILES string of the molecule is C=C/C(=C\C)c1ccc(Nc2ccc3c(c2)C(C2=CCCC=C2)(c2ccccc2)c2ccccc2-3)cc1.c1ccc(-c2ccc3[nH]c4c(-c5ccccc5)cc(-c5ccccc5)cc4c3c2)cc1. The molecule has 0 bridgehead atoms. The molecule has 1 heterocycles. The number of aromatic amines is 1. The maximum Gasteiger partial charge on any atom is 0.0711 e. The number of aromatic nitrogens is 1. The highest BCUT2D eigenvalue weighted by molar-refractivity contribution is 6.14. The van der Waals surface area contributed by atoms with Crippen LogP contribution in [0.1, 0.15) is 42.0 Å². The van der Waals surface area contributed by atoms with E-state index in [2.05, 4.69) is 260 Å². The lowest BCUT2D eigenvalue weighted by Crippen LogP contribution is -2.29. The summed E-state index contributed by atoms with van der Waals surface area (Å²) in [6, 6.07) is 78.6. The molecule has 2 aliphatic carbocycles. The molecule has 0 saturated carbocycles.